The van der Waals surface area contributed by atoms with Gasteiger partial charge in [0.05, 0.1) is 5.56 Å². The molecule has 0 aromatic heterocycles. The van der Waals surface area contributed by atoms with Gasteiger partial charge in [0.25, 0.3) is 0 Å². The number of hydrogen-bond donors (Lipinski definition) is 1. The van der Waals surface area contributed by atoms with Gasteiger partial charge in [-0.25, -0.2) is 4.39 Å². The van der Waals surface area contributed by atoms with E-state index in [4.69, 9.17) is 0 Å². The molecular formula is C12H14ClF4N. The Hall–Kier alpha value is -0.810. The van der Waals surface area contributed by atoms with Gasteiger partial charge in [-0.2, -0.15) is 13.2 Å². The molecule has 2 rings (SSSR count). The van der Waals surface area contributed by atoms with E-state index in [0.717, 1.165) is 12.1 Å². The second-order valence-corrected chi connectivity index (χ2v) is 4.24. The minimum atomic E-state index is -4.33. The number of halogens is 5. The van der Waals surface area contributed by atoms with Crippen LogP contribution >= 0.6 is 12.4 Å². The van der Waals surface area contributed by atoms with E-state index in [-0.39, 0.29) is 24.9 Å². The molecule has 1 aliphatic rings. The van der Waals surface area contributed by atoms with Crippen LogP contribution in [0.4, 0.5) is 17.6 Å². The maximum absolute atomic E-state index is 13.6. The lowest BCUT2D eigenvalue weighted by molar-refractivity contribution is -0.137. The first kappa shape index (κ1) is 15.2. The van der Waals surface area contributed by atoms with Crippen molar-refractivity contribution in [3.05, 3.63) is 35.4 Å². The van der Waals surface area contributed by atoms with Crippen LogP contribution in [-0.2, 0) is 6.18 Å². The first-order valence-corrected chi connectivity index (χ1v) is 5.50. The highest BCUT2D eigenvalue weighted by Gasteiger charge is 2.31. The van der Waals surface area contributed by atoms with Gasteiger partial charge in [-0.3, -0.25) is 0 Å². The summed E-state index contributed by atoms with van der Waals surface area (Å²) in [6, 6.07) is 4.80. The average molecular weight is 284 g/mol. The zero-order chi connectivity index (χ0) is 12.5. The Kier molecular flexibility index (Phi) is 4.99. The topological polar surface area (TPSA) is 12.0 Å². The van der Waals surface area contributed by atoms with E-state index in [1.807, 2.05) is 0 Å². The highest BCUT2D eigenvalue weighted by atomic mass is 35.5. The van der Waals surface area contributed by atoms with Gasteiger partial charge >= 0.3 is 6.18 Å². The van der Waals surface area contributed by atoms with Gasteiger partial charge < -0.3 is 5.32 Å². The molecule has 1 nitrogen and oxygen atoms in total. The lowest BCUT2D eigenvalue weighted by Crippen LogP contribution is -2.36. The maximum atomic E-state index is 13.6. The van der Waals surface area contributed by atoms with Crippen molar-refractivity contribution < 1.29 is 17.6 Å². The molecule has 102 valence electrons. The van der Waals surface area contributed by atoms with Gasteiger partial charge in [0.2, 0.25) is 0 Å². The van der Waals surface area contributed by atoms with Crippen molar-refractivity contribution in [2.45, 2.75) is 24.7 Å². The van der Waals surface area contributed by atoms with Crippen LogP contribution in [0.25, 0.3) is 0 Å². The molecule has 18 heavy (non-hydrogen) atoms. The number of nitrogens with one attached hydrogen (secondary N) is 1. The van der Waals surface area contributed by atoms with Gasteiger partial charge in [0, 0.05) is 12.5 Å². The van der Waals surface area contributed by atoms with Crippen LogP contribution < -0.4 is 5.32 Å². The third-order valence-corrected chi connectivity index (χ3v) is 3.07. The zero-order valence-corrected chi connectivity index (χ0v) is 10.3. The van der Waals surface area contributed by atoms with Gasteiger partial charge in [-0.15, -0.1) is 12.4 Å². The summed E-state index contributed by atoms with van der Waals surface area (Å²) >= 11 is 0. The quantitative estimate of drug-likeness (QED) is 0.777. The Bertz CT molecular complexity index is 377. The Morgan fingerprint density at radius 3 is 2.22 bits per heavy atom. The third kappa shape index (κ3) is 3.36. The summed E-state index contributed by atoms with van der Waals surface area (Å²) in [6.07, 6.45) is -4.74. The monoisotopic (exact) mass is 283 g/mol. The van der Waals surface area contributed by atoms with E-state index in [9.17, 15) is 17.6 Å². The molecule has 1 aliphatic heterocycles. The SMILES string of the molecule is Cl.FC1CNCCC1c1ccc(C(F)(F)F)cc1. The van der Waals surface area contributed by atoms with E-state index in [1.165, 1.54) is 12.1 Å². The van der Waals surface area contributed by atoms with Crippen molar-refractivity contribution in [2.75, 3.05) is 13.1 Å². The maximum Gasteiger partial charge on any atom is 0.416 e. The zero-order valence-electron chi connectivity index (χ0n) is 9.51. The molecule has 1 aromatic rings. The lowest BCUT2D eigenvalue weighted by atomic mass is 9.88. The standard InChI is InChI=1S/C12H13F4N.ClH/c13-11-7-17-6-5-10(11)8-1-3-9(4-2-8)12(14,15)16;/h1-4,10-11,17H,5-7H2;1H. The normalized spacial score (nSPS) is 24.4. The summed E-state index contributed by atoms with van der Waals surface area (Å²) in [4.78, 5) is 0. The minimum absolute atomic E-state index is 0. The molecule has 0 saturated carbocycles. The van der Waals surface area contributed by atoms with Gasteiger partial charge in [-0.1, -0.05) is 12.1 Å². The highest BCUT2D eigenvalue weighted by Crippen LogP contribution is 2.32. The fraction of sp³-hybridized carbons (Fsp3) is 0.500. The lowest BCUT2D eigenvalue weighted by Gasteiger charge is -2.27. The van der Waals surface area contributed by atoms with Gasteiger partial charge in [-0.05, 0) is 30.7 Å². The third-order valence-electron chi connectivity index (χ3n) is 3.07. The molecule has 0 spiro atoms. The molecule has 6 heteroatoms. The van der Waals surface area contributed by atoms with E-state index in [2.05, 4.69) is 5.32 Å². The summed E-state index contributed by atoms with van der Waals surface area (Å²) < 4.78 is 50.6. The second kappa shape index (κ2) is 5.89. The highest BCUT2D eigenvalue weighted by molar-refractivity contribution is 5.85. The molecule has 1 N–H and O–H groups in total. The molecule has 1 aromatic carbocycles. The Labute approximate surface area is 109 Å². The molecule has 0 aliphatic carbocycles. The van der Waals surface area contributed by atoms with Crippen LogP contribution in [-0.4, -0.2) is 19.3 Å². The fourth-order valence-electron chi connectivity index (χ4n) is 2.12. The van der Waals surface area contributed by atoms with Crippen molar-refractivity contribution in [3.63, 3.8) is 0 Å². The largest absolute Gasteiger partial charge is 0.416 e. The number of rotatable bonds is 1. The van der Waals surface area contributed by atoms with E-state index in [0.29, 0.717) is 18.5 Å². The number of hydrogen-bond acceptors (Lipinski definition) is 1. The first-order valence-electron chi connectivity index (χ1n) is 5.50. The Morgan fingerprint density at radius 2 is 1.72 bits per heavy atom. The number of alkyl halides is 4. The predicted octanol–water partition coefficient (Wildman–Crippen LogP) is 3.54. The van der Waals surface area contributed by atoms with Crippen LogP contribution in [0.5, 0.6) is 0 Å². The van der Waals surface area contributed by atoms with Crippen molar-refractivity contribution in [2.24, 2.45) is 0 Å². The summed E-state index contributed by atoms with van der Waals surface area (Å²) in [5, 5.41) is 2.91. The van der Waals surface area contributed by atoms with E-state index < -0.39 is 17.9 Å². The smallest absolute Gasteiger partial charge is 0.314 e. The predicted molar refractivity (Wildman–Crippen MR) is 63.8 cm³/mol. The molecule has 0 bridgehead atoms. The average Bonchev–Trinajstić information content (AvgIpc) is 2.29. The van der Waals surface area contributed by atoms with Crippen LogP contribution in [0.15, 0.2) is 24.3 Å². The minimum Gasteiger partial charge on any atom is -0.314 e. The van der Waals surface area contributed by atoms with Gasteiger partial charge in [0.15, 0.2) is 0 Å². The molecule has 1 saturated heterocycles. The van der Waals surface area contributed by atoms with Crippen molar-refractivity contribution in [1.29, 1.82) is 0 Å². The van der Waals surface area contributed by atoms with E-state index in [1.54, 1.807) is 0 Å². The number of benzene rings is 1. The molecule has 2 unspecified atom stereocenters. The van der Waals surface area contributed by atoms with Crippen molar-refractivity contribution >= 4 is 12.4 Å². The molecule has 1 heterocycles. The molecular weight excluding hydrogens is 270 g/mol. The van der Waals surface area contributed by atoms with Crippen LogP contribution in [0.1, 0.15) is 23.5 Å². The molecule has 1 fully saturated rings. The van der Waals surface area contributed by atoms with Gasteiger partial charge in [0.1, 0.15) is 6.17 Å². The Morgan fingerprint density at radius 1 is 1.11 bits per heavy atom. The van der Waals surface area contributed by atoms with Crippen LogP contribution in [0.2, 0.25) is 0 Å². The first-order chi connectivity index (χ1) is 7.98. The number of piperidine rings is 1. The molecule has 0 radical (unpaired) electrons. The molecule has 0 amide bonds. The summed E-state index contributed by atoms with van der Waals surface area (Å²) in [7, 11) is 0. The second-order valence-electron chi connectivity index (χ2n) is 4.24. The summed E-state index contributed by atoms with van der Waals surface area (Å²) in [5.74, 6) is -0.293. The Balaban J connectivity index is 0.00000162. The fourth-order valence-corrected chi connectivity index (χ4v) is 2.12. The van der Waals surface area contributed by atoms with Crippen LogP contribution in [0.3, 0.4) is 0 Å². The van der Waals surface area contributed by atoms with E-state index >= 15 is 0 Å². The molecule has 2 atom stereocenters. The summed E-state index contributed by atoms with van der Waals surface area (Å²) in [6.45, 7) is 0.970. The van der Waals surface area contributed by atoms with Crippen LogP contribution in [0, 0.1) is 0 Å². The van der Waals surface area contributed by atoms with Crippen molar-refractivity contribution in [3.8, 4) is 0 Å². The summed E-state index contributed by atoms with van der Waals surface area (Å²) in [5.41, 5.74) is -0.0439. The van der Waals surface area contributed by atoms with Crippen molar-refractivity contribution in [1.82, 2.24) is 5.32 Å².